The van der Waals surface area contributed by atoms with Crippen LogP contribution in [-0.4, -0.2) is 23.8 Å². The second kappa shape index (κ2) is 7.93. The van der Waals surface area contributed by atoms with E-state index in [0.717, 1.165) is 11.7 Å². The van der Waals surface area contributed by atoms with Crippen molar-refractivity contribution in [2.24, 2.45) is 5.92 Å². The van der Waals surface area contributed by atoms with Gasteiger partial charge < -0.3 is 5.32 Å². The first-order valence-corrected chi connectivity index (χ1v) is 6.79. The van der Waals surface area contributed by atoms with E-state index in [4.69, 9.17) is 0 Å². The molecule has 2 rings (SSSR count). The summed E-state index contributed by atoms with van der Waals surface area (Å²) in [4.78, 5) is 4.33. The molecule has 2 heterocycles. The number of nitrogens with zero attached hydrogens (tertiary/aromatic N) is 1. The van der Waals surface area contributed by atoms with E-state index in [2.05, 4.69) is 22.4 Å². The average molecular weight is 259 g/mol. The molecular formula is C12H19ClN2S. The van der Waals surface area contributed by atoms with Crippen molar-refractivity contribution in [2.45, 2.75) is 18.6 Å². The molecule has 2 nitrogen and oxygen atoms in total. The van der Waals surface area contributed by atoms with Gasteiger partial charge >= 0.3 is 0 Å². The van der Waals surface area contributed by atoms with Gasteiger partial charge in [-0.2, -0.15) is 11.8 Å². The van der Waals surface area contributed by atoms with Crippen LogP contribution in [-0.2, 0) is 5.75 Å². The fraction of sp³-hybridized carbons (Fsp3) is 0.583. The van der Waals surface area contributed by atoms with Crippen molar-refractivity contribution in [2.75, 3.05) is 18.8 Å². The first kappa shape index (κ1) is 13.8. The van der Waals surface area contributed by atoms with Crippen molar-refractivity contribution in [1.29, 1.82) is 0 Å². The third-order valence-electron chi connectivity index (χ3n) is 2.79. The number of halogens is 1. The molecule has 0 saturated carbocycles. The van der Waals surface area contributed by atoms with E-state index in [9.17, 15) is 0 Å². The molecule has 0 aliphatic carbocycles. The number of pyridine rings is 1. The number of hydrogen-bond acceptors (Lipinski definition) is 3. The SMILES string of the molecule is Cl.c1ccc(CSCC2CCNCC2)nc1. The molecule has 0 aromatic carbocycles. The lowest BCUT2D eigenvalue weighted by Gasteiger charge is -2.21. The molecule has 90 valence electrons. The molecule has 0 bridgehead atoms. The summed E-state index contributed by atoms with van der Waals surface area (Å²) in [5, 5.41) is 3.40. The fourth-order valence-electron chi connectivity index (χ4n) is 1.86. The van der Waals surface area contributed by atoms with Crippen molar-refractivity contribution >= 4 is 24.2 Å². The van der Waals surface area contributed by atoms with Crippen LogP contribution in [0.2, 0.25) is 0 Å². The van der Waals surface area contributed by atoms with E-state index < -0.39 is 0 Å². The maximum absolute atomic E-state index is 4.33. The summed E-state index contributed by atoms with van der Waals surface area (Å²) in [5.41, 5.74) is 1.21. The van der Waals surface area contributed by atoms with Crippen LogP contribution in [0.15, 0.2) is 24.4 Å². The Morgan fingerprint density at radius 2 is 2.12 bits per heavy atom. The van der Waals surface area contributed by atoms with E-state index in [0.29, 0.717) is 0 Å². The minimum absolute atomic E-state index is 0. The predicted molar refractivity (Wildman–Crippen MR) is 73.2 cm³/mol. The number of piperidine rings is 1. The largest absolute Gasteiger partial charge is 0.317 e. The molecule has 1 aliphatic heterocycles. The molecule has 1 fully saturated rings. The number of aromatic nitrogens is 1. The highest BCUT2D eigenvalue weighted by Gasteiger charge is 2.12. The topological polar surface area (TPSA) is 24.9 Å². The van der Waals surface area contributed by atoms with Crippen molar-refractivity contribution in [3.63, 3.8) is 0 Å². The minimum Gasteiger partial charge on any atom is -0.317 e. The summed E-state index contributed by atoms with van der Waals surface area (Å²) in [6.07, 6.45) is 4.56. The molecule has 1 aliphatic rings. The maximum atomic E-state index is 4.33. The first-order chi connectivity index (χ1) is 7.45. The van der Waals surface area contributed by atoms with Crippen molar-refractivity contribution < 1.29 is 0 Å². The Morgan fingerprint density at radius 1 is 1.31 bits per heavy atom. The van der Waals surface area contributed by atoms with Gasteiger partial charge in [0.25, 0.3) is 0 Å². The highest BCUT2D eigenvalue weighted by molar-refractivity contribution is 7.98. The molecular weight excluding hydrogens is 240 g/mol. The van der Waals surface area contributed by atoms with E-state index in [1.54, 1.807) is 0 Å². The molecule has 1 saturated heterocycles. The molecule has 0 amide bonds. The zero-order chi connectivity index (χ0) is 10.3. The summed E-state index contributed by atoms with van der Waals surface area (Å²) in [7, 11) is 0. The van der Waals surface area contributed by atoms with Gasteiger partial charge in [0.2, 0.25) is 0 Å². The molecule has 1 aromatic rings. The third-order valence-corrected chi connectivity index (χ3v) is 4.00. The van der Waals surface area contributed by atoms with Crippen molar-refractivity contribution in [3.8, 4) is 0 Å². The maximum Gasteiger partial charge on any atom is 0.0502 e. The van der Waals surface area contributed by atoms with Crippen molar-refractivity contribution in [1.82, 2.24) is 10.3 Å². The molecule has 1 N–H and O–H groups in total. The predicted octanol–water partition coefficient (Wildman–Crippen LogP) is 2.74. The van der Waals surface area contributed by atoms with Gasteiger partial charge in [-0.3, -0.25) is 4.98 Å². The normalized spacial score (nSPS) is 16.8. The monoisotopic (exact) mass is 258 g/mol. The van der Waals surface area contributed by atoms with Gasteiger partial charge in [-0.05, 0) is 49.7 Å². The lowest BCUT2D eigenvalue weighted by Crippen LogP contribution is -2.28. The summed E-state index contributed by atoms with van der Waals surface area (Å²) < 4.78 is 0. The lowest BCUT2D eigenvalue weighted by molar-refractivity contribution is 0.408. The second-order valence-corrected chi connectivity index (χ2v) is 5.06. The van der Waals surface area contributed by atoms with Crippen LogP contribution in [0.1, 0.15) is 18.5 Å². The van der Waals surface area contributed by atoms with Crippen LogP contribution in [0.5, 0.6) is 0 Å². The fourth-order valence-corrected chi connectivity index (χ4v) is 3.03. The van der Waals surface area contributed by atoms with Gasteiger partial charge in [0.1, 0.15) is 0 Å². The van der Waals surface area contributed by atoms with Gasteiger partial charge in [-0.25, -0.2) is 0 Å². The van der Waals surface area contributed by atoms with E-state index >= 15 is 0 Å². The van der Waals surface area contributed by atoms with E-state index in [1.165, 1.54) is 37.4 Å². The smallest absolute Gasteiger partial charge is 0.0502 e. The van der Waals surface area contributed by atoms with Crippen LogP contribution in [0, 0.1) is 5.92 Å². The zero-order valence-corrected chi connectivity index (χ0v) is 11.0. The lowest BCUT2D eigenvalue weighted by atomic mass is 10.0. The summed E-state index contributed by atoms with van der Waals surface area (Å²) in [6, 6.07) is 6.14. The Labute approximate surface area is 108 Å². The summed E-state index contributed by atoms with van der Waals surface area (Å²) in [6.45, 7) is 2.41. The van der Waals surface area contributed by atoms with Crippen LogP contribution in [0.3, 0.4) is 0 Å². The highest BCUT2D eigenvalue weighted by Crippen LogP contribution is 2.20. The average Bonchev–Trinajstić information content (AvgIpc) is 2.32. The molecule has 4 heteroatoms. The molecule has 1 aromatic heterocycles. The Bertz CT molecular complexity index is 276. The van der Waals surface area contributed by atoms with Gasteiger partial charge in [0.15, 0.2) is 0 Å². The minimum atomic E-state index is 0. The third kappa shape index (κ3) is 4.73. The highest BCUT2D eigenvalue weighted by atomic mass is 35.5. The van der Waals surface area contributed by atoms with Crippen LogP contribution in [0.25, 0.3) is 0 Å². The molecule has 0 radical (unpaired) electrons. The Morgan fingerprint density at radius 3 is 2.81 bits per heavy atom. The number of hydrogen-bond donors (Lipinski definition) is 1. The summed E-state index contributed by atoms with van der Waals surface area (Å²) in [5.74, 6) is 3.27. The Balaban J connectivity index is 0.00000128. The summed E-state index contributed by atoms with van der Waals surface area (Å²) >= 11 is 2.02. The van der Waals surface area contributed by atoms with Crippen LogP contribution >= 0.6 is 24.2 Å². The number of thioether (sulfide) groups is 1. The molecule has 16 heavy (non-hydrogen) atoms. The van der Waals surface area contributed by atoms with Gasteiger partial charge in [0.05, 0.1) is 5.69 Å². The Kier molecular flexibility index (Phi) is 6.85. The number of nitrogens with one attached hydrogen (secondary N) is 1. The van der Waals surface area contributed by atoms with Crippen LogP contribution in [0.4, 0.5) is 0 Å². The van der Waals surface area contributed by atoms with Gasteiger partial charge in [-0.15, -0.1) is 12.4 Å². The number of rotatable bonds is 4. The standard InChI is InChI=1S/C12H18N2S.ClH/c1-2-6-14-12(3-1)10-15-9-11-4-7-13-8-5-11;/h1-3,6,11,13H,4-5,7-10H2;1H. The Hall–Kier alpha value is -0.250. The van der Waals surface area contributed by atoms with Crippen molar-refractivity contribution in [3.05, 3.63) is 30.1 Å². The van der Waals surface area contributed by atoms with E-state index in [1.807, 2.05) is 24.0 Å². The molecule has 0 unspecified atom stereocenters. The van der Waals surface area contributed by atoms with E-state index in [-0.39, 0.29) is 12.4 Å². The quantitative estimate of drug-likeness (QED) is 0.899. The van der Waals surface area contributed by atoms with Crippen LogP contribution < -0.4 is 5.32 Å². The zero-order valence-electron chi connectivity index (χ0n) is 9.39. The molecule has 0 spiro atoms. The van der Waals surface area contributed by atoms with Gasteiger partial charge in [0, 0.05) is 11.9 Å². The second-order valence-electron chi connectivity index (χ2n) is 4.03. The molecule has 0 atom stereocenters. The van der Waals surface area contributed by atoms with Gasteiger partial charge in [-0.1, -0.05) is 6.07 Å². The first-order valence-electron chi connectivity index (χ1n) is 5.63.